The van der Waals surface area contributed by atoms with E-state index in [0.717, 1.165) is 37.6 Å². The molecule has 0 radical (unpaired) electrons. The van der Waals surface area contributed by atoms with Crippen LogP contribution in [-0.4, -0.2) is 29.1 Å². The van der Waals surface area contributed by atoms with Gasteiger partial charge in [-0.3, -0.25) is 0 Å². The van der Waals surface area contributed by atoms with E-state index in [1.54, 1.807) is 0 Å². The highest BCUT2D eigenvalue weighted by molar-refractivity contribution is 5.33. The predicted octanol–water partition coefficient (Wildman–Crippen LogP) is 1.96. The van der Waals surface area contributed by atoms with Crippen molar-refractivity contribution in [2.24, 2.45) is 0 Å². The number of hydrogen-bond donors (Lipinski definition) is 1. The summed E-state index contributed by atoms with van der Waals surface area (Å²) >= 11 is 0. The van der Waals surface area contributed by atoms with Crippen LogP contribution in [0.3, 0.4) is 0 Å². The molecule has 4 nitrogen and oxygen atoms in total. The lowest BCUT2D eigenvalue weighted by Crippen LogP contribution is -2.28. The first kappa shape index (κ1) is 12.3. The third-order valence-electron chi connectivity index (χ3n) is 2.98. The number of nitrogens with one attached hydrogen (secondary N) is 1. The normalized spacial score (nSPS) is 14.9. The number of hydrogen-bond acceptors (Lipinski definition) is 4. The van der Waals surface area contributed by atoms with Gasteiger partial charge in [0.1, 0.15) is 0 Å². The maximum Gasteiger partial charge on any atom is 0.225 e. The molecular weight excluding hydrogens is 212 g/mol. The largest absolute Gasteiger partial charge is 0.338 e. The molecule has 4 heteroatoms. The van der Waals surface area contributed by atoms with E-state index < -0.39 is 0 Å². The van der Waals surface area contributed by atoms with Gasteiger partial charge >= 0.3 is 0 Å². The second-order valence-electron chi connectivity index (χ2n) is 4.60. The molecule has 1 heterocycles. The molecular formula is C13H22N4. The molecule has 0 aliphatic heterocycles. The summed E-state index contributed by atoms with van der Waals surface area (Å²) < 4.78 is 0. The van der Waals surface area contributed by atoms with Crippen molar-refractivity contribution in [1.82, 2.24) is 15.3 Å². The lowest BCUT2D eigenvalue weighted by atomic mass is 10.3. The first-order valence-electron chi connectivity index (χ1n) is 6.63. The Bertz CT molecular complexity index is 332. The Kier molecular flexibility index (Phi) is 4.31. The van der Waals surface area contributed by atoms with Gasteiger partial charge in [0.05, 0.1) is 0 Å². The van der Waals surface area contributed by atoms with Crippen molar-refractivity contribution in [3.63, 3.8) is 0 Å². The average Bonchev–Trinajstić information content (AvgIpc) is 3.18. The van der Waals surface area contributed by atoms with Crippen molar-refractivity contribution < 1.29 is 0 Å². The molecule has 0 saturated heterocycles. The molecule has 1 aliphatic rings. The van der Waals surface area contributed by atoms with E-state index in [4.69, 9.17) is 0 Å². The molecule has 1 fully saturated rings. The molecule has 1 aromatic heterocycles. The van der Waals surface area contributed by atoms with Crippen LogP contribution in [-0.2, 0) is 6.54 Å². The fourth-order valence-corrected chi connectivity index (χ4v) is 1.93. The van der Waals surface area contributed by atoms with Crippen LogP contribution in [0.25, 0.3) is 0 Å². The second kappa shape index (κ2) is 5.96. The zero-order valence-electron chi connectivity index (χ0n) is 10.8. The van der Waals surface area contributed by atoms with Crippen LogP contribution in [0.5, 0.6) is 0 Å². The fourth-order valence-electron chi connectivity index (χ4n) is 1.93. The Labute approximate surface area is 103 Å². The minimum absolute atomic E-state index is 0.689. The molecule has 0 amide bonds. The van der Waals surface area contributed by atoms with E-state index in [2.05, 4.69) is 34.0 Å². The van der Waals surface area contributed by atoms with E-state index in [0.29, 0.717) is 6.04 Å². The minimum atomic E-state index is 0.689. The summed E-state index contributed by atoms with van der Waals surface area (Å²) in [5, 5.41) is 3.28. The standard InChI is InChI=1S/C13H22N4/c1-3-7-17(12-5-6-12)13-15-9-11(10-16-13)8-14-4-2/h9-10,12,14H,3-8H2,1-2H3. The van der Waals surface area contributed by atoms with Crippen molar-refractivity contribution in [2.45, 2.75) is 45.7 Å². The summed E-state index contributed by atoms with van der Waals surface area (Å²) in [5.74, 6) is 0.898. The summed E-state index contributed by atoms with van der Waals surface area (Å²) in [4.78, 5) is 11.3. The van der Waals surface area contributed by atoms with Crippen LogP contribution in [0, 0.1) is 0 Å². The summed E-state index contributed by atoms with van der Waals surface area (Å²) in [7, 11) is 0. The molecule has 1 aliphatic carbocycles. The lowest BCUT2D eigenvalue weighted by Gasteiger charge is -2.21. The highest BCUT2D eigenvalue weighted by Crippen LogP contribution is 2.29. The molecule has 1 saturated carbocycles. The second-order valence-corrected chi connectivity index (χ2v) is 4.60. The van der Waals surface area contributed by atoms with Crippen LogP contribution in [0.15, 0.2) is 12.4 Å². The molecule has 0 unspecified atom stereocenters. The summed E-state index contributed by atoms with van der Waals surface area (Å²) in [6, 6.07) is 0.689. The Morgan fingerprint density at radius 3 is 2.53 bits per heavy atom. The van der Waals surface area contributed by atoms with Crippen molar-refractivity contribution in [3.05, 3.63) is 18.0 Å². The SMILES string of the molecule is CCCN(c1ncc(CNCC)cn1)C1CC1. The Morgan fingerprint density at radius 2 is 2.00 bits per heavy atom. The van der Waals surface area contributed by atoms with E-state index in [-0.39, 0.29) is 0 Å². The van der Waals surface area contributed by atoms with Gasteiger partial charge in [-0.15, -0.1) is 0 Å². The number of rotatable bonds is 7. The molecule has 17 heavy (non-hydrogen) atoms. The third kappa shape index (κ3) is 3.40. The zero-order chi connectivity index (χ0) is 12.1. The number of nitrogens with zero attached hydrogens (tertiary/aromatic N) is 3. The van der Waals surface area contributed by atoms with Gasteiger partial charge in [-0.25, -0.2) is 9.97 Å². The first-order valence-corrected chi connectivity index (χ1v) is 6.63. The molecule has 1 N–H and O–H groups in total. The molecule has 0 aromatic carbocycles. The summed E-state index contributed by atoms with van der Waals surface area (Å²) in [5.41, 5.74) is 1.16. The van der Waals surface area contributed by atoms with Crippen molar-refractivity contribution in [3.8, 4) is 0 Å². The van der Waals surface area contributed by atoms with Crippen molar-refractivity contribution in [1.29, 1.82) is 0 Å². The van der Waals surface area contributed by atoms with Crippen LogP contribution in [0.1, 0.15) is 38.7 Å². The van der Waals surface area contributed by atoms with Gasteiger partial charge in [-0.05, 0) is 25.8 Å². The summed E-state index contributed by atoms with van der Waals surface area (Å²) in [6.45, 7) is 7.21. The van der Waals surface area contributed by atoms with Gasteiger partial charge in [0, 0.05) is 37.1 Å². The maximum atomic E-state index is 4.49. The Hall–Kier alpha value is -1.16. The highest BCUT2D eigenvalue weighted by atomic mass is 15.3. The zero-order valence-corrected chi connectivity index (χ0v) is 10.8. The molecule has 2 rings (SSSR count). The predicted molar refractivity (Wildman–Crippen MR) is 70.1 cm³/mol. The quantitative estimate of drug-likeness (QED) is 0.783. The van der Waals surface area contributed by atoms with E-state index in [9.17, 15) is 0 Å². The maximum absolute atomic E-state index is 4.49. The van der Waals surface area contributed by atoms with Gasteiger partial charge < -0.3 is 10.2 Å². The van der Waals surface area contributed by atoms with Crippen LogP contribution >= 0.6 is 0 Å². The van der Waals surface area contributed by atoms with Crippen LogP contribution in [0.2, 0.25) is 0 Å². The Morgan fingerprint density at radius 1 is 1.29 bits per heavy atom. The molecule has 0 atom stereocenters. The topological polar surface area (TPSA) is 41.1 Å². The third-order valence-corrected chi connectivity index (χ3v) is 2.98. The number of aromatic nitrogens is 2. The monoisotopic (exact) mass is 234 g/mol. The van der Waals surface area contributed by atoms with E-state index in [1.807, 2.05) is 12.4 Å². The minimum Gasteiger partial charge on any atom is -0.338 e. The van der Waals surface area contributed by atoms with Crippen LogP contribution in [0.4, 0.5) is 5.95 Å². The first-order chi connectivity index (χ1) is 8.35. The lowest BCUT2D eigenvalue weighted by molar-refractivity contribution is 0.709. The highest BCUT2D eigenvalue weighted by Gasteiger charge is 2.29. The van der Waals surface area contributed by atoms with Crippen molar-refractivity contribution in [2.75, 3.05) is 18.0 Å². The fraction of sp³-hybridized carbons (Fsp3) is 0.692. The van der Waals surface area contributed by atoms with Gasteiger partial charge in [0.2, 0.25) is 5.95 Å². The average molecular weight is 234 g/mol. The molecule has 94 valence electrons. The smallest absolute Gasteiger partial charge is 0.225 e. The van der Waals surface area contributed by atoms with E-state index >= 15 is 0 Å². The van der Waals surface area contributed by atoms with Crippen LogP contribution < -0.4 is 10.2 Å². The molecule has 0 spiro atoms. The summed E-state index contributed by atoms with van der Waals surface area (Å²) in [6.07, 6.45) is 7.62. The van der Waals surface area contributed by atoms with Gasteiger partial charge in [-0.2, -0.15) is 0 Å². The Balaban J connectivity index is 1.99. The van der Waals surface area contributed by atoms with Crippen molar-refractivity contribution >= 4 is 5.95 Å². The number of anilines is 1. The van der Waals surface area contributed by atoms with Gasteiger partial charge in [-0.1, -0.05) is 13.8 Å². The van der Waals surface area contributed by atoms with Gasteiger partial charge in [0.25, 0.3) is 0 Å². The van der Waals surface area contributed by atoms with E-state index in [1.165, 1.54) is 12.8 Å². The van der Waals surface area contributed by atoms with Gasteiger partial charge in [0.15, 0.2) is 0 Å². The molecule has 1 aromatic rings. The molecule has 0 bridgehead atoms.